The van der Waals surface area contributed by atoms with Crippen molar-refractivity contribution in [3.8, 4) is 0 Å². The van der Waals surface area contributed by atoms with Gasteiger partial charge in [0.05, 0.1) is 5.71 Å². The van der Waals surface area contributed by atoms with Gasteiger partial charge in [0.25, 0.3) is 0 Å². The Hall–Kier alpha value is -0.380. The summed E-state index contributed by atoms with van der Waals surface area (Å²) in [6.07, 6.45) is 2.35. The minimum Gasteiger partial charge on any atom is -0.317 e. The maximum atomic E-state index is 10.9. The van der Waals surface area contributed by atoms with Gasteiger partial charge in [0.2, 0.25) is 0 Å². The monoisotopic (exact) mass is 233 g/mol. The third-order valence-electron chi connectivity index (χ3n) is 1.77. The SMILES string of the molecule is CC(=NOC(=O)C(C)Br)C1CC1. The Kier molecular flexibility index (Phi) is 3.26. The Balaban J connectivity index is 2.31. The highest BCUT2D eigenvalue weighted by atomic mass is 79.9. The summed E-state index contributed by atoms with van der Waals surface area (Å²) in [4.78, 5) is 15.3. The molecule has 0 radical (unpaired) electrons. The molecule has 0 saturated heterocycles. The van der Waals surface area contributed by atoms with Gasteiger partial charge in [-0.1, -0.05) is 21.1 Å². The van der Waals surface area contributed by atoms with Crippen LogP contribution < -0.4 is 0 Å². The van der Waals surface area contributed by atoms with E-state index in [9.17, 15) is 4.79 Å². The van der Waals surface area contributed by atoms with Crippen LogP contribution in [0.25, 0.3) is 0 Å². The third kappa shape index (κ3) is 2.93. The largest absolute Gasteiger partial charge is 0.348 e. The molecule has 1 fully saturated rings. The molecule has 0 N–H and O–H groups in total. The highest BCUT2D eigenvalue weighted by molar-refractivity contribution is 9.10. The number of hydrogen-bond acceptors (Lipinski definition) is 3. The third-order valence-corrected chi connectivity index (χ3v) is 2.15. The van der Waals surface area contributed by atoms with Crippen LogP contribution in [0.1, 0.15) is 26.7 Å². The van der Waals surface area contributed by atoms with Gasteiger partial charge in [0.1, 0.15) is 4.83 Å². The van der Waals surface area contributed by atoms with Crippen LogP contribution in [-0.4, -0.2) is 16.5 Å². The molecule has 12 heavy (non-hydrogen) atoms. The normalized spacial score (nSPS) is 20.4. The zero-order valence-electron chi connectivity index (χ0n) is 7.21. The maximum absolute atomic E-state index is 10.9. The van der Waals surface area contributed by atoms with Crippen molar-refractivity contribution in [2.45, 2.75) is 31.5 Å². The summed E-state index contributed by atoms with van der Waals surface area (Å²) in [5.74, 6) is 0.221. The Bertz CT molecular complexity index is 209. The lowest BCUT2D eigenvalue weighted by molar-refractivity contribution is -0.142. The molecule has 68 valence electrons. The average Bonchev–Trinajstić information content (AvgIpc) is 2.81. The second-order valence-corrected chi connectivity index (χ2v) is 4.41. The Morgan fingerprint density at radius 1 is 1.67 bits per heavy atom. The molecule has 0 amide bonds. The van der Waals surface area contributed by atoms with Crippen molar-refractivity contribution in [2.24, 2.45) is 11.1 Å². The number of halogens is 1. The van der Waals surface area contributed by atoms with Gasteiger partial charge in [-0.05, 0) is 26.7 Å². The van der Waals surface area contributed by atoms with E-state index >= 15 is 0 Å². The Morgan fingerprint density at radius 3 is 2.67 bits per heavy atom. The predicted molar refractivity (Wildman–Crippen MR) is 50.3 cm³/mol. The van der Waals surface area contributed by atoms with E-state index in [0.29, 0.717) is 5.92 Å². The van der Waals surface area contributed by atoms with E-state index in [2.05, 4.69) is 25.9 Å². The predicted octanol–water partition coefficient (Wildman–Crippen LogP) is 2.10. The summed E-state index contributed by atoms with van der Waals surface area (Å²) in [6.45, 7) is 3.61. The Labute approximate surface area is 80.3 Å². The average molecular weight is 234 g/mol. The zero-order valence-corrected chi connectivity index (χ0v) is 8.80. The molecular formula is C8H12BrNO2. The molecule has 1 atom stereocenters. The van der Waals surface area contributed by atoms with Crippen LogP contribution in [0.2, 0.25) is 0 Å². The molecule has 1 aliphatic carbocycles. The maximum Gasteiger partial charge on any atom is 0.348 e. The van der Waals surface area contributed by atoms with Crippen molar-refractivity contribution in [3.63, 3.8) is 0 Å². The number of alkyl halides is 1. The topological polar surface area (TPSA) is 38.7 Å². The van der Waals surface area contributed by atoms with Crippen LogP contribution in [0, 0.1) is 5.92 Å². The van der Waals surface area contributed by atoms with Crippen molar-refractivity contribution in [1.82, 2.24) is 0 Å². The van der Waals surface area contributed by atoms with Gasteiger partial charge in [-0.3, -0.25) is 0 Å². The van der Waals surface area contributed by atoms with Crippen molar-refractivity contribution < 1.29 is 9.63 Å². The van der Waals surface area contributed by atoms with E-state index in [0.717, 1.165) is 5.71 Å². The van der Waals surface area contributed by atoms with E-state index in [1.807, 2.05) is 6.92 Å². The molecular weight excluding hydrogens is 222 g/mol. The number of carbonyl (C=O) groups excluding carboxylic acids is 1. The number of rotatable bonds is 3. The lowest BCUT2D eigenvalue weighted by Gasteiger charge is -1.99. The first-order valence-electron chi connectivity index (χ1n) is 4.00. The lowest BCUT2D eigenvalue weighted by Crippen LogP contribution is -2.12. The van der Waals surface area contributed by atoms with Gasteiger partial charge in [0, 0.05) is 5.92 Å². The van der Waals surface area contributed by atoms with Crippen LogP contribution in [0.4, 0.5) is 0 Å². The number of carbonyl (C=O) groups is 1. The zero-order chi connectivity index (χ0) is 9.14. The summed E-state index contributed by atoms with van der Waals surface area (Å²) in [7, 11) is 0. The minimum atomic E-state index is -0.338. The van der Waals surface area contributed by atoms with Gasteiger partial charge in [-0.15, -0.1) is 0 Å². The van der Waals surface area contributed by atoms with Gasteiger partial charge in [-0.25, -0.2) is 4.79 Å². The van der Waals surface area contributed by atoms with E-state index in [-0.39, 0.29) is 10.8 Å². The molecule has 0 bridgehead atoms. The first kappa shape index (κ1) is 9.71. The molecule has 0 aromatic heterocycles. The standard InChI is InChI=1S/C8H12BrNO2/c1-5(9)8(11)12-10-6(2)7-3-4-7/h5,7H,3-4H2,1-2H3. The molecule has 0 aromatic rings. The fourth-order valence-corrected chi connectivity index (χ4v) is 0.849. The van der Waals surface area contributed by atoms with E-state index in [1.165, 1.54) is 12.8 Å². The molecule has 1 rings (SSSR count). The first-order valence-corrected chi connectivity index (χ1v) is 4.92. The molecule has 4 heteroatoms. The number of nitrogens with zero attached hydrogens (tertiary/aromatic N) is 1. The summed E-state index contributed by atoms with van der Waals surface area (Å²) in [5, 5.41) is 3.74. The molecule has 1 saturated carbocycles. The second kappa shape index (κ2) is 4.03. The van der Waals surface area contributed by atoms with Gasteiger partial charge < -0.3 is 4.84 Å². The van der Waals surface area contributed by atoms with Crippen molar-refractivity contribution >= 4 is 27.6 Å². The smallest absolute Gasteiger partial charge is 0.317 e. The van der Waals surface area contributed by atoms with Crippen LogP contribution in [-0.2, 0) is 9.63 Å². The van der Waals surface area contributed by atoms with E-state index < -0.39 is 0 Å². The molecule has 0 aliphatic heterocycles. The van der Waals surface area contributed by atoms with E-state index in [4.69, 9.17) is 0 Å². The van der Waals surface area contributed by atoms with Crippen molar-refractivity contribution in [1.29, 1.82) is 0 Å². The Morgan fingerprint density at radius 2 is 2.25 bits per heavy atom. The van der Waals surface area contributed by atoms with Crippen LogP contribution in [0.15, 0.2) is 5.16 Å². The van der Waals surface area contributed by atoms with Crippen LogP contribution >= 0.6 is 15.9 Å². The molecule has 0 spiro atoms. The van der Waals surface area contributed by atoms with Gasteiger partial charge in [0.15, 0.2) is 0 Å². The molecule has 1 unspecified atom stereocenters. The van der Waals surface area contributed by atoms with Gasteiger partial charge in [-0.2, -0.15) is 0 Å². The number of hydrogen-bond donors (Lipinski definition) is 0. The van der Waals surface area contributed by atoms with Crippen molar-refractivity contribution in [3.05, 3.63) is 0 Å². The summed E-state index contributed by atoms with van der Waals surface area (Å²) >= 11 is 3.10. The molecule has 3 nitrogen and oxygen atoms in total. The van der Waals surface area contributed by atoms with Crippen LogP contribution in [0.3, 0.4) is 0 Å². The highest BCUT2D eigenvalue weighted by Gasteiger charge is 2.25. The molecule has 1 aliphatic rings. The summed E-state index contributed by atoms with van der Waals surface area (Å²) in [5.41, 5.74) is 0.927. The quantitative estimate of drug-likeness (QED) is 0.324. The minimum absolute atomic E-state index is 0.284. The summed E-state index contributed by atoms with van der Waals surface area (Å²) in [6, 6.07) is 0. The fourth-order valence-electron chi connectivity index (χ4n) is 0.765. The first-order chi connectivity index (χ1) is 5.61. The molecule has 0 heterocycles. The van der Waals surface area contributed by atoms with Crippen molar-refractivity contribution in [2.75, 3.05) is 0 Å². The summed E-state index contributed by atoms with van der Waals surface area (Å²) < 4.78 is 0. The fraction of sp³-hybridized carbons (Fsp3) is 0.750. The second-order valence-electron chi connectivity index (χ2n) is 3.03. The van der Waals surface area contributed by atoms with E-state index in [1.54, 1.807) is 6.92 Å². The molecule has 0 aromatic carbocycles. The van der Waals surface area contributed by atoms with Gasteiger partial charge >= 0.3 is 5.97 Å². The van der Waals surface area contributed by atoms with Crippen LogP contribution in [0.5, 0.6) is 0 Å². The number of oxime groups is 1. The highest BCUT2D eigenvalue weighted by Crippen LogP contribution is 2.30. The lowest BCUT2D eigenvalue weighted by atomic mass is 10.3.